The first-order valence-corrected chi connectivity index (χ1v) is 4.04. The number of hydrogen-bond acceptors (Lipinski definition) is 3. The topological polar surface area (TPSA) is 53.6 Å². The van der Waals surface area contributed by atoms with Gasteiger partial charge in [0.15, 0.2) is 4.67 Å². The van der Waals surface area contributed by atoms with Gasteiger partial charge in [0.05, 0.1) is 19.1 Å². The Bertz CT molecular complexity index is 217. The van der Waals surface area contributed by atoms with Gasteiger partial charge in [0, 0.05) is 0 Å². The molecule has 0 aliphatic carbocycles. The molecular formula is C7H9BrO3. The van der Waals surface area contributed by atoms with Crippen LogP contribution in [0.5, 0.6) is 0 Å². The first kappa shape index (κ1) is 8.77. The summed E-state index contributed by atoms with van der Waals surface area (Å²) in [6, 6.07) is 3.45. The SMILES string of the molecule is OCC(CO)c1ccc(Br)o1. The van der Waals surface area contributed by atoms with E-state index in [1.54, 1.807) is 12.1 Å². The molecule has 1 heterocycles. The number of aliphatic hydroxyl groups is 2. The van der Waals surface area contributed by atoms with Crippen LogP contribution in [0.25, 0.3) is 0 Å². The third kappa shape index (κ3) is 2.05. The number of rotatable bonds is 3. The normalized spacial score (nSPS) is 10.9. The van der Waals surface area contributed by atoms with E-state index in [1.807, 2.05) is 0 Å². The van der Waals surface area contributed by atoms with Crippen LogP contribution in [0.15, 0.2) is 21.2 Å². The van der Waals surface area contributed by atoms with Gasteiger partial charge in [-0.3, -0.25) is 0 Å². The molecule has 3 nitrogen and oxygen atoms in total. The second-order valence-electron chi connectivity index (χ2n) is 2.20. The molecule has 0 spiro atoms. The predicted molar refractivity (Wildman–Crippen MR) is 43.3 cm³/mol. The number of halogens is 1. The minimum absolute atomic E-state index is 0.101. The molecule has 1 aromatic heterocycles. The molecule has 1 rings (SSSR count). The first-order chi connectivity index (χ1) is 5.27. The van der Waals surface area contributed by atoms with Crippen molar-refractivity contribution >= 4 is 15.9 Å². The van der Waals surface area contributed by atoms with Crippen LogP contribution in [0.1, 0.15) is 11.7 Å². The standard InChI is InChI=1S/C7H9BrO3/c8-7-2-1-6(11-7)5(3-9)4-10/h1-2,5,9-10H,3-4H2. The summed E-state index contributed by atoms with van der Waals surface area (Å²) < 4.78 is 5.73. The zero-order chi connectivity index (χ0) is 8.27. The third-order valence-corrected chi connectivity index (χ3v) is 1.86. The molecule has 0 aliphatic heterocycles. The zero-order valence-corrected chi connectivity index (χ0v) is 7.41. The van der Waals surface area contributed by atoms with Gasteiger partial charge in [0.2, 0.25) is 0 Å². The molecule has 0 saturated carbocycles. The van der Waals surface area contributed by atoms with E-state index in [1.165, 1.54) is 0 Å². The van der Waals surface area contributed by atoms with E-state index in [2.05, 4.69) is 15.9 Å². The molecule has 1 aromatic rings. The van der Waals surface area contributed by atoms with Gasteiger partial charge in [-0.2, -0.15) is 0 Å². The van der Waals surface area contributed by atoms with Crippen molar-refractivity contribution in [2.24, 2.45) is 0 Å². The van der Waals surface area contributed by atoms with Crippen molar-refractivity contribution in [3.63, 3.8) is 0 Å². The highest BCUT2D eigenvalue weighted by molar-refractivity contribution is 9.10. The van der Waals surface area contributed by atoms with Crippen LogP contribution in [0, 0.1) is 0 Å². The van der Waals surface area contributed by atoms with Gasteiger partial charge in [0.25, 0.3) is 0 Å². The average Bonchev–Trinajstić information content (AvgIpc) is 2.39. The smallest absolute Gasteiger partial charge is 0.169 e. The summed E-state index contributed by atoms with van der Waals surface area (Å²) in [5, 5.41) is 17.5. The van der Waals surface area contributed by atoms with Crippen molar-refractivity contribution in [2.75, 3.05) is 13.2 Å². The highest BCUT2D eigenvalue weighted by atomic mass is 79.9. The van der Waals surface area contributed by atoms with Crippen LogP contribution in [0.4, 0.5) is 0 Å². The fourth-order valence-corrected chi connectivity index (χ4v) is 1.10. The monoisotopic (exact) mass is 220 g/mol. The summed E-state index contributed by atoms with van der Waals surface area (Å²) in [6.07, 6.45) is 0. The molecule has 0 unspecified atom stereocenters. The van der Waals surface area contributed by atoms with Crippen molar-refractivity contribution in [1.82, 2.24) is 0 Å². The molecule has 11 heavy (non-hydrogen) atoms. The van der Waals surface area contributed by atoms with Crippen LogP contribution in [-0.4, -0.2) is 23.4 Å². The predicted octanol–water partition coefficient (Wildman–Crippen LogP) is 1.11. The quantitative estimate of drug-likeness (QED) is 0.803. The van der Waals surface area contributed by atoms with Crippen LogP contribution in [0.3, 0.4) is 0 Å². The highest BCUT2D eigenvalue weighted by Crippen LogP contribution is 2.21. The Kier molecular flexibility index (Phi) is 3.11. The summed E-state index contributed by atoms with van der Waals surface area (Å²) in [6.45, 7) is -0.201. The Morgan fingerprint density at radius 3 is 2.36 bits per heavy atom. The average molecular weight is 221 g/mol. The number of hydrogen-bond donors (Lipinski definition) is 2. The Balaban J connectivity index is 2.73. The van der Waals surface area contributed by atoms with Crippen LogP contribution in [0.2, 0.25) is 0 Å². The van der Waals surface area contributed by atoms with Gasteiger partial charge in [-0.15, -0.1) is 0 Å². The van der Waals surface area contributed by atoms with Crippen molar-refractivity contribution in [3.05, 3.63) is 22.6 Å². The van der Waals surface area contributed by atoms with Crippen LogP contribution in [-0.2, 0) is 0 Å². The summed E-state index contributed by atoms with van der Waals surface area (Å²) in [5.74, 6) is 0.295. The first-order valence-electron chi connectivity index (χ1n) is 3.25. The molecule has 0 aliphatic rings. The molecule has 0 fully saturated rings. The zero-order valence-electron chi connectivity index (χ0n) is 5.83. The van der Waals surface area contributed by atoms with E-state index >= 15 is 0 Å². The maximum atomic E-state index is 8.75. The van der Waals surface area contributed by atoms with Crippen molar-refractivity contribution in [1.29, 1.82) is 0 Å². The summed E-state index contributed by atoms with van der Waals surface area (Å²) in [5.41, 5.74) is 0. The Hall–Kier alpha value is -0.320. The second kappa shape index (κ2) is 3.90. The van der Waals surface area contributed by atoms with E-state index in [0.29, 0.717) is 10.4 Å². The van der Waals surface area contributed by atoms with Gasteiger partial charge in [0.1, 0.15) is 5.76 Å². The van der Waals surface area contributed by atoms with E-state index in [4.69, 9.17) is 14.6 Å². The maximum Gasteiger partial charge on any atom is 0.169 e. The molecule has 2 N–H and O–H groups in total. The molecule has 0 bridgehead atoms. The van der Waals surface area contributed by atoms with Gasteiger partial charge >= 0.3 is 0 Å². The maximum absolute atomic E-state index is 8.75. The fraction of sp³-hybridized carbons (Fsp3) is 0.429. The lowest BCUT2D eigenvalue weighted by atomic mass is 10.1. The third-order valence-electron chi connectivity index (χ3n) is 1.44. The number of aliphatic hydroxyl groups excluding tert-OH is 2. The Morgan fingerprint density at radius 2 is 2.00 bits per heavy atom. The summed E-state index contributed by atoms with van der Waals surface area (Å²) >= 11 is 3.13. The molecule has 0 atom stereocenters. The number of furan rings is 1. The lowest BCUT2D eigenvalue weighted by Gasteiger charge is -2.05. The summed E-state index contributed by atoms with van der Waals surface area (Å²) in [7, 11) is 0. The summed E-state index contributed by atoms with van der Waals surface area (Å²) in [4.78, 5) is 0. The van der Waals surface area contributed by atoms with Crippen molar-refractivity contribution in [3.8, 4) is 0 Å². The highest BCUT2D eigenvalue weighted by Gasteiger charge is 2.12. The van der Waals surface area contributed by atoms with Crippen LogP contribution >= 0.6 is 15.9 Å². The Labute approximate surface area is 72.8 Å². The molecular weight excluding hydrogens is 212 g/mol. The van der Waals surface area contributed by atoms with E-state index < -0.39 is 0 Å². The lowest BCUT2D eigenvalue weighted by molar-refractivity contribution is 0.177. The molecule has 0 radical (unpaired) electrons. The fourth-order valence-electron chi connectivity index (χ4n) is 0.785. The second-order valence-corrected chi connectivity index (χ2v) is 2.99. The molecule has 62 valence electrons. The van der Waals surface area contributed by atoms with Gasteiger partial charge in [-0.1, -0.05) is 0 Å². The minimum atomic E-state index is -0.304. The Morgan fingerprint density at radius 1 is 1.36 bits per heavy atom. The molecule has 4 heteroatoms. The van der Waals surface area contributed by atoms with Crippen LogP contribution < -0.4 is 0 Å². The molecule has 0 aromatic carbocycles. The lowest BCUT2D eigenvalue weighted by Crippen LogP contribution is -2.07. The molecule has 0 saturated heterocycles. The largest absolute Gasteiger partial charge is 0.454 e. The van der Waals surface area contributed by atoms with E-state index in [9.17, 15) is 0 Å². The van der Waals surface area contributed by atoms with Crippen molar-refractivity contribution in [2.45, 2.75) is 5.92 Å². The van der Waals surface area contributed by atoms with Gasteiger partial charge < -0.3 is 14.6 Å². The van der Waals surface area contributed by atoms with E-state index in [-0.39, 0.29) is 19.1 Å². The van der Waals surface area contributed by atoms with Crippen molar-refractivity contribution < 1.29 is 14.6 Å². The minimum Gasteiger partial charge on any atom is -0.454 e. The van der Waals surface area contributed by atoms with Gasteiger partial charge in [-0.05, 0) is 28.1 Å². The van der Waals surface area contributed by atoms with E-state index in [0.717, 1.165) is 0 Å². The van der Waals surface area contributed by atoms with Gasteiger partial charge in [-0.25, -0.2) is 0 Å². The molecule has 0 amide bonds.